The first-order chi connectivity index (χ1) is 10.2. The van der Waals surface area contributed by atoms with Crippen molar-refractivity contribution in [2.75, 3.05) is 19.8 Å². The van der Waals surface area contributed by atoms with Gasteiger partial charge < -0.3 is 14.8 Å². The van der Waals surface area contributed by atoms with Gasteiger partial charge in [0.1, 0.15) is 5.75 Å². The van der Waals surface area contributed by atoms with Crippen molar-refractivity contribution < 1.29 is 9.47 Å². The van der Waals surface area contributed by atoms with Crippen LogP contribution < -0.4 is 10.1 Å². The Labute approximate surface area is 129 Å². The standard InChI is InChI=1S/C18H29NO2/c1-5-9-19-18(15-11-14(4)21-12-15)16-10-13(3)7-8-17(16)20-6-2/h7-8,10,14-15,18-19H,5-6,9,11-12H2,1-4H3. The maximum atomic E-state index is 5.86. The zero-order valence-electron chi connectivity index (χ0n) is 13.8. The van der Waals surface area contributed by atoms with Crippen LogP contribution in [0.5, 0.6) is 5.75 Å². The van der Waals surface area contributed by atoms with E-state index in [0.29, 0.717) is 24.7 Å². The minimum atomic E-state index is 0.316. The van der Waals surface area contributed by atoms with Crippen molar-refractivity contribution in [3.8, 4) is 5.75 Å². The largest absolute Gasteiger partial charge is 0.494 e. The molecule has 1 fully saturated rings. The monoisotopic (exact) mass is 291 g/mol. The highest BCUT2D eigenvalue weighted by Gasteiger charge is 2.31. The lowest BCUT2D eigenvalue weighted by molar-refractivity contribution is 0.116. The Hall–Kier alpha value is -1.06. The molecule has 1 heterocycles. The average Bonchev–Trinajstić information content (AvgIpc) is 2.89. The van der Waals surface area contributed by atoms with E-state index >= 15 is 0 Å². The summed E-state index contributed by atoms with van der Waals surface area (Å²) < 4.78 is 11.7. The molecule has 0 spiro atoms. The molecule has 1 saturated heterocycles. The molecule has 2 rings (SSSR count). The molecule has 0 radical (unpaired) electrons. The molecule has 0 saturated carbocycles. The molecule has 1 aliphatic heterocycles. The van der Waals surface area contributed by atoms with Gasteiger partial charge in [-0.25, -0.2) is 0 Å². The summed E-state index contributed by atoms with van der Waals surface area (Å²) in [5.41, 5.74) is 2.57. The van der Waals surface area contributed by atoms with Gasteiger partial charge in [-0.05, 0) is 46.2 Å². The summed E-state index contributed by atoms with van der Waals surface area (Å²) in [5.74, 6) is 1.53. The Bertz CT molecular complexity index is 447. The van der Waals surface area contributed by atoms with Gasteiger partial charge in [-0.2, -0.15) is 0 Å². The van der Waals surface area contributed by atoms with Crippen LogP contribution in [0.4, 0.5) is 0 Å². The topological polar surface area (TPSA) is 30.5 Å². The molecule has 0 aromatic heterocycles. The number of nitrogens with one attached hydrogen (secondary N) is 1. The third-order valence-corrected chi connectivity index (χ3v) is 4.12. The highest BCUT2D eigenvalue weighted by atomic mass is 16.5. The van der Waals surface area contributed by atoms with Crippen LogP contribution in [0.1, 0.15) is 50.8 Å². The van der Waals surface area contributed by atoms with E-state index in [0.717, 1.165) is 31.7 Å². The van der Waals surface area contributed by atoms with Crippen molar-refractivity contribution in [2.45, 2.75) is 52.7 Å². The quantitative estimate of drug-likeness (QED) is 0.827. The van der Waals surface area contributed by atoms with Gasteiger partial charge in [-0.1, -0.05) is 24.6 Å². The van der Waals surface area contributed by atoms with E-state index < -0.39 is 0 Å². The van der Waals surface area contributed by atoms with Crippen LogP contribution in [0.3, 0.4) is 0 Å². The molecule has 1 aromatic carbocycles. The molecule has 3 atom stereocenters. The second-order valence-electron chi connectivity index (χ2n) is 6.05. The smallest absolute Gasteiger partial charge is 0.124 e. The second-order valence-corrected chi connectivity index (χ2v) is 6.05. The van der Waals surface area contributed by atoms with Crippen molar-refractivity contribution in [3.63, 3.8) is 0 Å². The number of benzene rings is 1. The molecular weight excluding hydrogens is 262 g/mol. The van der Waals surface area contributed by atoms with Gasteiger partial charge in [0.2, 0.25) is 0 Å². The van der Waals surface area contributed by atoms with Crippen molar-refractivity contribution in [2.24, 2.45) is 5.92 Å². The van der Waals surface area contributed by atoms with Crippen molar-refractivity contribution in [1.82, 2.24) is 5.32 Å². The molecule has 1 aromatic rings. The van der Waals surface area contributed by atoms with Crippen LogP contribution in [0, 0.1) is 12.8 Å². The van der Waals surface area contributed by atoms with Crippen LogP contribution >= 0.6 is 0 Å². The first kappa shape index (κ1) is 16.3. The second kappa shape index (κ2) is 7.81. The number of ether oxygens (including phenoxy) is 2. The molecule has 3 nitrogen and oxygen atoms in total. The maximum Gasteiger partial charge on any atom is 0.124 e. The molecule has 1 N–H and O–H groups in total. The molecule has 3 heteroatoms. The average molecular weight is 291 g/mol. The van der Waals surface area contributed by atoms with E-state index in [-0.39, 0.29) is 0 Å². The van der Waals surface area contributed by atoms with Crippen molar-refractivity contribution >= 4 is 0 Å². The van der Waals surface area contributed by atoms with Gasteiger partial charge in [-0.15, -0.1) is 0 Å². The number of hydrogen-bond donors (Lipinski definition) is 1. The summed E-state index contributed by atoms with van der Waals surface area (Å²) in [6, 6.07) is 6.81. The Morgan fingerprint density at radius 1 is 1.38 bits per heavy atom. The van der Waals surface area contributed by atoms with E-state index in [1.54, 1.807) is 0 Å². The van der Waals surface area contributed by atoms with Gasteiger partial charge >= 0.3 is 0 Å². The maximum absolute atomic E-state index is 5.86. The highest BCUT2D eigenvalue weighted by Crippen LogP contribution is 2.36. The van der Waals surface area contributed by atoms with Gasteiger partial charge in [0.25, 0.3) is 0 Å². The van der Waals surface area contributed by atoms with E-state index in [4.69, 9.17) is 9.47 Å². The van der Waals surface area contributed by atoms with Crippen molar-refractivity contribution in [3.05, 3.63) is 29.3 Å². The van der Waals surface area contributed by atoms with E-state index in [1.165, 1.54) is 11.1 Å². The fraction of sp³-hybridized carbons (Fsp3) is 0.667. The Kier molecular flexibility index (Phi) is 6.07. The number of hydrogen-bond acceptors (Lipinski definition) is 3. The minimum Gasteiger partial charge on any atom is -0.494 e. The fourth-order valence-corrected chi connectivity index (χ4v) is 3.11. The highest BCUT2D eigenvalue weighted by molar-refractivity contribution is 5.39. The van der Waals surface area contributed by atoms with Crippen LogP contribution in [0.2, 0.25) is 0 Å². The van der Waals surface area contributed by atoms with E-state index in [1.807, 2.05) is 6.92 Å². The first-order valence-electron chi connectivity index (χ1n) is 8.24. The molecule has 1 aliphatic rings. The molecular formula is C18H29NO2. The third-order valence-electron chi connectivity index (χ3n) is 4.12. The minimum absolute atomic E-state index is 0.316. The Balaban J connectivity index is 2.28. The summed E-state index contributed by atoms with van der Waals surface area (Å²) in [6.07, 6.45) is 2.61. The van der Waals surface area contributed by atoms with Crippen LogP contribution in [0.25, 0.3) is 0 Å². The Morgan fingerprint density at radius 3 is 2.81 bits per heavy atom. The number of rotatable bonds is 7. The summed E-state index contributed by atoms with van der Waals surface area (Å²) in [7, 11) is 0. The van der Waals surface area contributed by atoms with Gasteiger partial charge in [0.05, 0.1) is 19.3 Å². The van der Waals surface area contributed by atoms with Gasteiger partial charge in [0.15, 0.2) is 0 Å². The SMILES string of the molecule is CCCNC(c1cc(C)ccc1OCC)C1COC(C)C1. The van der Waals surface area contributed by atoms with Gasteiger partial charge in [0, 0.05) is 17.5 Å². The fourth-order valence-electron chi connectivity index (χ4n) is 3.11. The Morgan fingerprint density at radius 2 is 2.19 bits per heavy atom. The van der Waals surface area contributed by atoms with Gasteiger partial charge in [-0.3, -0.25) is 0 Å². The lowest BCUT2D eigenvalue weighted by Crippen LogP contribution is -2.30. The number of aryl methyl sites for hydroxylation is 1. The lowest BCUT2D eigenvalue weighted by atomic mass is 9.89. The molecule has 118 valence electrons. The molecule has 0 aliphatic carbocycles. The summed E-state index contributed by atoms with van der Waals surface area (Å²) in [5, 5.41) is 3.71. The van der Waals surface area contributed by atoms with Crippen LogP contribution in [-0.2, 0) is 4.74 Å². The lowest BCUT2D eigenvalue weighted by Gasteiger charge is -2.26. The van der Waals surface area contributed by atoms with E-state index in [2.05, 4.69) is 44.3 Å². The zero-order valence-corrected chi connectivity index (χ0v) is 13.8. The molecule has 3 unspecified atom stereocenters. The summed E-state index contributed by atoms with van der Waals surface area (Å²) in [6.45, 7) is 11.1. The van der Waals surface area contributed by atoms with Crippen LogP contribution in [-0.4, -0.2) is 25.9 Å². The zero-order chi connectivity index (χ0) is 15.2. The first-order valence-corrected chi connectivity index (χ1v) is 8.24. The van der Waals surface area contributed by atoms with Crippen LogP contribution in [0.15, 0.2) is 18.2 Å². The molecule has 0 amide bonds. The van der Waals surface area contributed by atoms with E-state index in [9.17, 15) is 0 Å². The van der Waals surface area contributed by atoms with Crippen molar-refractivity contribution in [1.29, 1.82) is 0 Å². The summed E-state index contributed by atoms with van der Waals surface area (Å²) in [4.78, 5) is 0. The predicted molar refractivity (Wildman–Crippen MR) is 86.9 cm³/mol. The molecule has 0 bridgehead atoms. The normalized spacial score (nSPS) is 23.2. The summed E-state index contributed by atoms with van der Waals surface area (Å²) >= 11 is 0. The predicted octanol–water partition coefficient (Wildman–Crippen LogP) is 3.86. The third kappa shape index (κ3) is 4.21. The molecule has 21 heavy (non-hydrogen) atoms.